The maximum Gasteiger partial charge on any atom is 0.306 e. The average Bonchev–Trinajstić information content (AvgIpc) is 2.33. The Kier molecular flexibility index (Phi) is 5.12. The summed E-state index contributed by atoms with van der Waals surface area (Å²) in [6, 6.07) is 7.27. The molecule has 1 amide bonds. The first-order valence-corrected chi connectivity index (χ1v) is 6.85. The van der Waals surface area contributed by atoms with Gasteiger partial charge in [0, 0.05) is 12.1 Å². The van der Waals surface area contributed by atoms with Crippen LogP contribution in [-0.4, -0.2) is 34.2 Å². The minimum Gasteiger partial charge on any atom is -0.481 e. The van der Waals surface area contributed by atoms with Crippen molar-refractivity contribution in [2.75, 3.05) is 6.54 Å². The van der Waals surface area contributed by atoms with E-state index in [-0.39, 0.29) is 17.9 Å². The van der Waals surface area contributed by atoms with Crippen molar-refractivity contribution in [1.29, 1.82) is 0 Å². The van der Waals surface area contributed by atoms with Gasteiger partial charge in [0.2, 0.25) is 0 Å². The van der Waals surface area contributed by atoms with Gasteiger partial charge in [-0.3, -0.25) is 9.59 Å². The molecule has 1 rings (SSSR count). The second kappa shape index (κ2) is 6.26. The second-order valence-electron chi connectivity index (χ2n) is 6.55. The van der Waals surface area contributed by atoms with E-state index in [4.69, 9.17) is 5.11 Å². The van der Waals surface area contributed by atoms with Gasteiger partial charge in [0.1, 0.15) is 0 Å². The molecule has 5 nitrogen and oxygen atoms in total. The van der Waals surface area contributed by atoms with E-state index in [9.17, 15) is 14.7 Å². The number of nitrogens with one attached hydrogen (secondary N) is 1. The van der Waals surface area contributed by atoms with Crippen LogP contribution < -0.4 is 5.32 Å². The molecule has 0 radical (unpaired) electrons. The number of hydrogen-bond donors (Lipinski definition) is 3. The van der Waals surface area contributed by atoms with Crippen LogP contribution in [0.2, 0.25) is 0 Å². The maximum absolute atomic E-state index is 12.3. The van der Waals surface area contributed by atoms with Gasteiger partial charge in [-0.05, 0) is 24.0 Å². The monoisotopic (exact) mass is 293 g/mol. The van der Waals surface area contributed by atoms with Crippen LogP contribution in [-0.2, 0) is 10.2 Å². The van der Waals surface area contributed by atoms with Gasteiger partial charge in [-0.1, -0.05) is 39.0 Å². The van der Waals surface area contributed by atoms with E-state index in [0.717, 1.165) is 5.56 Å². The first kappa shape index (κ1) is 17.2. The van der Waals surface area contributed by atoms with Crippen molar-refractivity contribution < 1.29 is 19.8 Å². The predicted octanol–water partition coefficient (Wildman–Crippen LogP) is 1.94. The summed E-state index contributed by atoms with van der Waals surface area (Å²) in [5, 5.41) is 21.2. The molecule has 21 heavy (non-hydrogen) atoms. The molecule has 0 bridgehead atoms. The van der Waals surface area contributed by atoms with Crippen molar-refractivity contribution in [3.05, 3.63) is 35.4 Å². The molecule has 0 fully saturated rings. The Morgan fingerprint density at radius 2 is 1.71 bits per heavy atom. The van der Waals surface area contributed by atoms with Gasteiger partial charge in [0.15, 0.2) is 0 Å². The van der Waals surface area contributed by atoms with Gasteiger partial charge in [-0.15, -0.1) is 0 Å². The average molecular weight is 293 g/mol. The zero-order valence-electron chi connectivity index (χ0n) is 12.9. The number of benzene rings is 1. The third-order valence-electron chi connectivity index (χ3n) is 3.14. The molecule has 116 valence electrons. The summed E-state index contributed by atoms with van der Waals surface area (Å²) >= 11 is 0. The number of rotatable bonds is 5. The lowest BCUT2D eigenvalue weighted by Gasteiger charge is -2.24. The normalized spacial score (nSPS) is 14.3. The van der Waals surface area contributed by atoms with Crippen LogP contribution in [0.15, 0.2) is 24.3 Å². The van der Waals surface area contributed by atoms with Gasteiger partial charge < -0.3 is 15.5 Å². The van der Waals surface area contributed by atoms with Gasteiger partial charge in [-0.25, -0.2) is 0 Å². The zero-order chi connectivity index (χ0) is 16.3. The lowest BCUT2D eigenvalue weighted by Crippen LogP contribution is -2.42. The molecule has 0 heterocycles. The number of aliphatic hydroxyl groups is 1. The molecule has 1 aromatic carbocycles. The Morgan fingerprint density at radius 1 is 1.14 bits per heavy atom. The van der Waals surface area contributed by atoms with E-state index in [2.05, 4.69) is 5.32 Å². The fraction of sp³-hybridized carbons (Fsp3) is 0.500. The summed E-state index contributed by atoms with van der Waals surface area (Å²) in [6.45, 7) is 7.31. The summed E-state index contributed by atoms with van der Waals surface area (Å²) < 4.78 is 0. The molecule has 5 heteroatoms. The van der Waals surface area contributed by atoms with Gasteiger partial charge in [-0.2, -0.15) is 0 Å². The molecule has 3 N–H and O–H groups in total. The van der Waals surface area contributed by atoms with Crippen molar-refractivity contribution in [3.63, 3.8) is 0 Å². The van der Waals surface area contributed by atoms with Crippen LogP contribution in [0.3, 0.4) is 0 Å². The highest BCUT2D eigenvalue weighted by Gasteiger charge is 2.26. The Bertz CT molecular complexity index is 529. The van der Waals surface area contributed by atoms with E-state index >= 15 is 0 Å². The number of aliphatic carboxylic acids is 1. The molecule has 0 aromatic heterocycles. The van der Waals surface area contributed by atoms with Crippen LogP contribution in [0.1, 0.15) is 50.0 Å². The van der Waals surface area contributed by atoms with Gasteiger partial charge in [0.25, 0.3) is 5.91 Å². The fourth-order valence-corrected chi connectivity index (χ4v) is 2.09. The summed E-state index contributed by atoms with van der Waals surface area (Å²) in [6.07, 6.45) is -0.422. The minimum absolute atomic E-state index is 0.114. The van der Waals surface area contributed by atoms with Crippen LogP contribution >= 0.6 is 0 Å². The van der Waals surface area contributed by atoms with E-state index in [1.54, 1.807) is 12.1 Å². The van der Waals surface area contributed by atoms with Gasteiger partial charge in [0.05, 0.1) is 12.0 Å². The number of amides is 1. The molecule has 0 saturated heterocycles. The molecule has 1 aromatic rings. The third-order valence-corrected chi connectivity index (χ3v) is 3.14. The number of carbonyl (C=O) groups excluding carboxylic acids is 1. The van der Waals surface area contributed by atoms with E-state index in [1.807, 2.05) is 32.9 Å². The van der Waals surface area contributed by atoms with Crippen molar-refractivity contribution in [2.24, 2.45) is 0 Å². The number of carboxylic acids is 1. The topological polar surface area (TPSA) is 86.6 Å². The quantitative estimate of drug-likeness (QED) is 0.774. The lowest BCUT2D eigenvalue weighted by molar-refractivity contribution is -0.141. The highest BCUT2D eigenvalue weighted by molar-refractivity contribution is 5.96. The summed E-state index contributed by atoms with van der Waals surface area (Å²) in [7, 11) is 0. The second-order valence-corrected chi connectivity index (χ2v) is 6.55. The summed E-state index contributed by atoms with van der Waals surface area (Å²) in [5.74, 6) is -1.42. The Hall–Kier alpha value is -1.88. The van der Waals surface area contributed by atoms with Crippen molar-refractivity contribution >= 4 is 11.9 Å². The van der Waals surface area contributed by atoms with Crippen molar-refractivity contribution in [3.8, 4) is 0 Å². The third kappa shape index (κ3) is 5.19. The number of carbonyl (C=O) groups is 2. The first-order valence-electron chi connectivity index (χ1n) is 6.85. The molecule has 0 aliphatic rings. The van der Waals surface area contributed by atoms with Crippen molar-refractivity contribution in [2.45, 2.75) is 45.1 Å². The Balaban J connectivity index is 2.84. The zero-order valence-corrected chi connectivity index (χ0v) is 12.9. The summed E-state index contributed by atoms with van der Waals surface area (Å²) in [4.78, 5) is 22.9. The minimum atomic E-state index is -1.47. The van der Waals surface area contributed by atoms with Crippen LogP contribution in [0.5, 0.6) is 0 Å². The predicted molar refractivity (Wildman–Crippen MR) is 80.4 cm³/mol. The molecule has 0 aliphatic heterocycles. The molecular formula is C16H23NO4. The molecule has 0 aliphatic carbocycles. The highest BCUT2D eigenvalue weighted by Crippen LogP contribution is 2.25. The number of hydrogen-bond acceptors (Lipinski definition) is 3. The summed E-state index contributed by atoms with van der Waals surface area (Å²) in [5.41, 5.74) is -0.216. The van der Waals surface area contributed by atoms with Crippen LogP contribution in [0.25, 0.3) is 0 Å². The Morgan fingerprint density at radius 3 is 2.24 bits per heavy atom. The lowest BCUT2D eigenvalue weighted by atomic mass is 9.83. The Labute approximate surface area is 125 Å². The van der Waals surface area contributed by atoms with Gasteiger partial charge >= 0.3 is 5.97 Å². The largest absolute Gasteiger partial charge is 0.481 e. The molecular weight excluding hydrogens is 270 g/mol. The van der Waals surface area contributed by atoms with Crippen LogP contribution in [0.4, 0.5) is 0 Å². The molecule has 1 atom stereocenters. The maximum atomic E-state index is 12.3. The fourth-order valence-electron chi connectivity index (χ4n) is 2.09. The smallest absolute Gasteiger partial charge is 0.306 e. The van der Waals surface area contributed by atoms with E-state index < -0.39 is 18.0 Å². The molecule has 0 spiro atoms. The molecule has 0 saturated carbocycles. The molecule has 1 unspecified atom stereocenters. The van der Waals surface area contributed by atoms with E-state index in [1.165, 1.54) is 6.92 Å². The van der Waals surface area contributed by atoms with Crippen LogP contribution in [0, 0.1) is 0 Å². The number of carboxylic acid groups (broad SMARTS) is 1. The first-order chi connectivity index (χ1) is 9.53. The van der Waals surface area contributed by atoms with E-state index in [0.29, 0.717) is 5.56 Å². The van der Waals surface area contributed by atoms with Crippen molar-refractivity contribution in [1.82, 2.24) is 5.32 Å². The highest BCUT2D eigenvalue weighted by atomic mass is 16.4. The SMILES string of the molecule is CC(O)(CNC(=O)c1ccccc1C(C)(C)C)CC(=O)O. The standard InChI is InChI=1S/C16H23NO4/c1-15(2,3)12-8-6-5-7-11(12)14(20)17-10-16(4,21)9-13(18)19/h5-8,21H,9-10H2,1-4H3,(H,17,20)(H,18,19).